The largest absolute Gasteiger partial charge is 0.349 e. The van der Waals surface area contributed by atoms with Gasteiger partial charge >= 0.3 is 0 Å². The van der Waals surface area contributed by atoms with Gasteiger partial charge in [0.15, 0.2) is 0 Å². The summed E-state index contributed by atoms with van der Waals surface area (Å²) in [5.41, 5.74) is 3.29. The van der Waals surface area contributed by atoms with Crippen molar-refractivity contribution < 1.29 is 17.6 Å². The SMILES string of the molecule is Cc1ccc(C)c([C@H](C)NC(=O)[C@H]2CCCN(S(=O)(=O)c3ccc(F)cc3)C2)c1. The number of aryl methyl sites for hydroxylation is 2. The summed E-state index contributed by atoms with van der Waals surface area (Å²) in [4.78, 5) is 12.9. The molecule has 1 aliphatic heterocycles. The van der Waals surface area contributed by atoms with Gasteiger partial charge in [-0.05, 0) is 69.0 Å². The fraction of sp³-hybridized carbons (Fsp3) is 0.409. The molecule has 2 aromatic rings. The molecule has 1 saturated heterocycles. The highest BCUT2D eigenvalue weighted by Gasteiger charge is 2.33. The molecule has 1 heterocycles. The molecule has 0 aliphatic carbocycles. The third kappa shape index (κ3) is 4.85. The highest BCUT2D eigenvalue weighted by atomic mass is 32.2. The van der Waals surface area contributed by atoms with Crippen LogP contribution in [0.25, 0.3) is 0 Å². The van der Waals surface area contributed by atoms with Crippen molar-refractivity contribution in [1.29, 1.82) is 0 Å². The number of nitrogens with one attached hydrogen (secondary N) is 1. The molecule has 0 saturated carbocycles. The molecular formula is C22H27FN2O3S. The highest BCUT2D eigenvalue weighted by molar-refractivity contribution is 7.89. The van der Waals surface area contributed by atoms with Crippen LogP contribution in [-0.4, -0.2) is 31.7 Å². The van der Waals surface area contributed by atoms with Gasteiger partial charge in [-0.1, -0.05) is 23.8 Å². The Hall–Kier alpha value is -2.25. The van der Waals surface area contributed by atoms with Crippen LogP contribution >= 0.6 is 0 Å². The van der Waals surface area contributed by atoms with Crippen molar-refractivity contribution in [3.63, 3.8) is 0 Å². The first kappa shape index (κ1) is 21.5. The molecule has 7 heteroatoms. The van der Waals surface area contributed by atoms with E-state index in [9.17, 15) is 17.6 Å². The maximum Gasteiger partial charge on any atom is 0.243 e. The van der Waals surface area contributed by atoms with Gasteiger partial charge in [-0.15, -0.1) is 0 Å². The van der Waals surface area contributed by atoms with E-state index in [1.807, 2.05) is 32.9 Å². The van der Waals surface area contributed by atoms with Crippen LogP contribution in [0.3, 0.4) is 0 Å². The minimum absolute atomic E-state index is 0.0451. The molecule has 2 atom stereocenters. The van der Waals surface area contributed by atoms with Gasteiger partial charge in [-0.3, -0.25) is 4.79 Å². The van der Waals surface area contributed by atoms with Crippen LogP contribution in [0.4, 0.5) is 4.39 Å². The molecule has 0 unspecified atom stereocenters. The molecule has 1 N–H and O–H groups in total. The zero-order valence-corrected chi connectivity index (χ0v) is 17.8. The number of halogens is 1. The molecule has 0 bridgehead atoms. The van der Waals surface area contributed by atoms with Gasteiger partial charge in [0.1, 0.15) is 5.82 Å². The smallest absolute Gasteiger partial charge is 0.243 e. The van der Waals surface area contributed by atoms with Crippen LogP contribution in [0.5, 0.6) is 0 Å². The summed E-state index contributed by atoms with van der Waals surface area (Å²) < 4.78 is 40.2. The number of hydrogen-bond acceptors (Lipinski definition) is 3. The number of hydrogen-bond donors (Lipinski definition) is 1. The lowest BCUT2D eigenvalue weighted by Gasteiger charge is -2.32. The molecule has 0 spiro atoms. The van der Waals surface area contributed by atoms with Crippen LogP contribution in [0.2, 0.25) is 0 Å². The van der Waals surface area contributed by atoms with Crippen molar-refractivity contribution in [2.45, 2.75) is 44.6 Å². The molecule has 1 aliphatic rings. The van der Waals surface area contributed by atoms with Gasteiger partial charge in [-0.25, -0.2) is 12.8 Å². The van der Waals surface area contributed by atoms with Crippen molar-refractivity contribution in [3.8, 4) is 0 Å². The summed E-state index contributed by atoms with van der Waals surface area (Å²) in [5.74, 6) is -1.04. The van der Waals surface area contributed by atoms with Crippen molar-refractivity contribution in [3.05, 3.63) is 65.0 Å². The summed E-state index contributed by atoms with van der Waals surface area (Å²) >= 11 is 0. The van der Waals surface area contributed by atoms with Crippen molar-refractivity contribution in [2.24, 2.45) is 5.92 Å². The van der Waals surface area contributed by atoms with Gasteiger partial charge in [0, 0.05) is 13.1 Å². The molecule has 3 rings (SSSR count). The van der Waals surface area contributed by atoms with Gasteiger partial charge in [0.25, 0.3) is 0 Å². The van der Waals surface area contributed by atoms with E-state index >= 15 is 0 Å². The summed E-state index contributed by atoms with van der Waals surface area (Å²) in [6, 6.07) is 10.8. The van der Waals surface area contributed by atoms with Crippen molar-refractivity contribution in [1.82, 2.24) is 9.62 Å². The number of rotatable bonds is 5. The summed E-state index contributed by atoms with van der Waals surface area (Å²) in [6.45, 7) is 6.45. The van der Waals surface area contributed by atoms with Crippen LogP contribution < -0.4 is 5.32 Å². The fourth-order valence-corrected chi connectivity index (χ4v) is 5.29. The lowest BCUT2D eigenvalue weighted by molar-refractivity contribution is -0.126. The topological polar surface area (TPSA) is 66.5 Å². The minimum Gasteiger partial charge on any atom is -0.349 e. The van der Waals surface area contributed by atoms with E-state index in [1.165, 1.54) is 16.4 Å². The second-order valence-corrected chi connectivity index (χ2v) is 9.68. The van der Waals surface area contributed by atoms with Crippen LogP contribution in [0.15, 0.2) is 47.4 Å². The Labute approximate surface area is 172 Å². The van der Waals surface area contributed by atoms with Crippen molar-refractivity contribution in [2.75, 3.05) is 13.1 Å². The van der Waals surface area contributed by atoms with E-state index in [4.69, 9.17) is 0 Å². The van der Waals surface area contributed by atoms with E-state index in [0.29, 0.717) is 19.4 Å². The van der Waals surface area contributed by atoms with E-state index in [2.05, 4.69) is 11.4 Å². The number of nitrogens with zero attached hydrogens (tertiary/aromatic N) is 1. The van der Waals surface area contributed by atoms with E-state index in [1.54, 1.807) is 0 Å². The fourth-order valence-electron chi connectivity index (χ4n) is 3.77. The molecule has 1 amide bonds. The Morgan fingerprint density at radius 2 is 1.86 bits per heavy atom. The molecular weight excluding hydrogens is 391 g/mol. The molecule has 0 radical (unpaired) electrons. The number of amides is 1. The Bertz CT molecular complexity index is 990. The quantitative estimate of drug-likeness (QED) is 0.805. The second kappa shape index (κ2) is 8.63. The van der Waals surface area contributed by atoms with Crippen LogP contribution in [-0.2, 0) is 14.8 Å². The first-order valence-corrected chi connectivity index (χ1v) is 11.3. The Kier molecular flexibility index (Phi) is 6.39. The molecule has 5 nitrogen and oxygen atoms in total. The number of benzene rings is 2. The number of piperidine rings is 1. The molecule has 29 heavy (non-hydrogen) atoms. The number of carbonyl (C=O) groups excluding carboxylic acids is 1. The predicted molar refractivity (Wildman–Crippen MR) is 110 cm³/mol. The predicted octanol–water partition coefficient (Wildman–Crippen LogP) is 3.72. The van der Waals surface area contributed by atoms with Crippen molar-refractivity contribution >= 4 is 15.9 Å². The Morgan fingerprint density at radius 3 is 2.55 bits per heavy atom. The average Bonchev–Trinajstić information content (AvgIpc) is 2.70. The Morgan fingerprint density at radius 1 is 1.17 bits per heavy atom. The number of sulfonamides is 1. The summed E-state index contributed by atoms with van der Waals surface area (Å²) in [7, 11) is -3.75. The normalized spacial score (nSPS) is 19.0. The van der Waals surface area contributed by atoms with E-state index in [-0.39, 0.29) is 23.4 Å². The number of carbonyl (C=O) groups is 1. The molecule has 1 fully saturated rings. The van der Waals surface area contributed by atoms with E-state index in [0.717, 1.165) is 28.8 Å². The summed E-state index contributed by atoms with van der Waals surface area (Å²) in [5, 5.41) is 3.04. The third-order valence-electron chi connectivity index (χ3n) is 5.47. The first-order chi connectivity index (χ1) is 13.7. The lowest BCUT2D eigenvalue weighted by atomic mass is 9.96. The molecule has 0 aromatic heterocycles. The highest BCUT2D eigenvalue weighted by Crippen LogP contribution is 2.25. The standard InChI is InChI=1S/C22H27FN2O3S/c1-15-6-7-16(2)21(13-15)17(3)24-22(26)18-5-4-12-25(14-18)29(27,28)20-10-8-19(23)9-11-20/h6-11,13,17-18H,4-5,12,14H2,1-3H3,(H,24,26)/t17-,18-/m0/s1. The maximum atomic E-state index is 13.1. The molecule has 2 aromatic carbocycles. The first-order valence-electron chi connectivity index (χ1n) is 9.81. The average molecular weight is 419 g/mol. The zero-order chi connectivity index (χ0) is 21.2. The third-order valence-corrected chi connectivity index (χ3v) is 7.35. The lowest BCUT2D eigenvalue weighted by Crippen LogP contribution is -2.45. The van der Waals surface area contributed by atoms with Gasteiger partial charge in [0.2, 0.25) is 15.9 Å². The minimum atomic E-state index is -3.75. The van der Waals surface area contributed by atoms with Crippen LogP contribution in [0, 0.1) is 25.6 Å². The summed E-state index contributed by atoms with van der Waals surface area (Å²) in [6.07, 6.45) is 1.25. The van der Waals surface area contributed by atoms with Gasteiger partial charge < -0.3 is 5.32 Å². The second-order valence-electron chi connectivity index (χ2n) is 7.75. The zero-order valence-electron chi connectivity index (χ0n) is 17.0. The van der Waals surface area contributed by atoms with E-state index < -0.39 is 21.8 Å². The van der Waals surface area contributed by atoms with Crippen LogP contribution in [0.1, 0.15) is 42.5 Å². The Balaban J connectivity index is 1.70. The van der Waals surface area contributed by atoms with Gasteiger partial charge in [0.05, 0.1) is 16.9 Å². The van der Waals surface area contributed by atoms with Gasteiger partial charge in [-0.2, -0.15) is 4.31 Å². The monoisotopic (exact) mass is 418 g/mol. The molecule has 156 valence electrons. The maximum absolute atomic E-state index is 13.1.